The summed E-state index contributed by atoms with van der Waals surface area (Å²) in [6.45, 7) is 0.192. The minimum atomic E-state index is -0.300. The molecular weight excluding hydrogens is 356 g/mol. The minimum absolute atomic E-state index is 0.192. The number of pyridine rings is 1. The van der Waals surface area contributed by atoms with E-state index in [1.807, 2.05) is 49.3 Å². The summed E-state index contributed by atoms with van der Waals surface area (Å²) < 4.78 is 10.6. The van der Waals surface area contributed by atoms with Crippen LogP contribution in [0.5, 0.6) is 11.5 Å². The van der Waals surface area contributed by atoms with E-state index in [2.05, 4.69) is 15.6 Å². The first kappa shape index (κ1) is 17.7. The zero-order valence-electron chi connectivity index (χ0n) is 15.6. The van der Waals surface area contributed by atoms with E-state index < -0.39 is 0 Å². The van der Waals surface area contributed by atoms with Crippen LogP contribution >= 0.6 is 0 Å². The summed E-state index contributed by atoms with van der Waals surface area (Å²) in [5, 5.41) is 6.12. The highest BCUT2D eigenvalue weighted by atomic mass is 16.7. The van der Waals surface area contributed by atoms with Crippen LogP contribution < -0.4 is 25.0 Å². The molecule has 0 atom stereocenters. The molecule has 0 aliphatic carbocycles. The third-order valence-electron chi connectivity index (χ3n) is 4.30. The second-order valence-corrected chi connectivity index (χ2v) is 6.52. The van der Waals surface area contributed by atoms with E-state index in [1.54, 1.807) is 30.5 Å². The van der Waals surface area contributed by atoms with Gasteiger partial charge in [0.05, 0.1) is 0 Å². The standard InChI is InChI=1S/C21H20N4O3/c1-25(2)17-6-3-14(4-7-17)23-16-9-10-22-18(11-16)21(26)24-15-5-8-19-20(12-15)28-13-27-19/h3-12H,13H2,1-2H3,(H,22,23)(H,24,26). The highest BCUT2D eigenvalue weighted by Crippen LogP contribution is 2.34. The maximum absolute atomic E-state index is 12.6. The van der Waals surface area contributed by atoms with Gasteiger partial charge in [-0.05, 0) is 48.5 Å². The zero-order valence-corrected chi connectivity index (χ0v) is 15.6. The second kappa shape index (κ2) is 7.48. The van der Waals surface area contributed by atoms with Gasteiger partial charge in [-0.2, -0.15) is 0 Å². The zero-order chi connectivity index (χ0) is 19.5. The first-order valence-electron chi connectivity index (χ1n) is 8.80. The van der Waals surface area contributed by atoms with Gasteiger partial charge in [-0.1, -0.05) is 0 Å². The number of benzene rings is 2. The molecule has 1 aliphatic heterocycles. The number of carbonyl (C=O) groups excluding carboxylic acids is 1. The molecule has 28 heavy (non-hydrogen) atoms. The Hall–Kier alpha value is -3.74. The number of hydrogen-bond donors (Lipinski definition) is 2. The Labute approximate surface area is 162 Å². The molecule has 0 bridgehead atoms. The van der Waals surface area contributed by atoms with Crippen molar-refractivity contribution in [3.8, 4) is 11.5 Å². The average molecular weight is 376 g/mol. The monoisotopic (exact) mass is 376 g/mol. The van der Waals surface area contributed by atoms with Gasteiger partial charge in [0, 0.05) is 49.1 Å². The molecule has 7 heteroatoms. The van der Waals surface area contributed by atoms with Crippen molar-refractivity contribution in [3.63, 3.8) is 0 Å². The maximum Gasteiger partial charge on any atom is 0.274 e. The van der Waals surface area contributed by atoms with Crippen molar-refractivity contribution in [1.29, 1.82) is 0 Å². The molecule has 0 radical (unpaired) electrons. The van der Waals surface area contributed by atoms with Crippen LogP contribution in [0.4, 0.5) is 22.7 Å². The van der Waals surface area contributed by atoms with Crippen molar-refractivity contribution in [2.75, 3.05) is 36.4 Å². The topological polar surface area (TPSA) is 75.7 Å². The largest absolute Gasteiger partial charge is 0.454 e. The molecular formula is C21H20N4O3. The third-order valence-corrected chi connectivity index (χ3v) is 4.30. The molecule has 0 saturated carbocycles. The summed E-state index contributed by atoms with van der Waals surface area (Å²) in [6.07, 6.45) is 1.60. The van der Waals surface area contributed by atoms with Gasteiger partial charge >= 0.3 is 0 Å². The molecule has 2 heterocycles. The predicted octanol–water partition coefficient (Wildman–Crippen LogP) is 3.87. The van der Waals surface area contributed by atoms with Crippen molar-refractivity contribution >= 4 is 28.7 Å². The summed E-state index contributed by atoms with van der Waals surface area (Å²) in [6, 6.07) is 16.8. The molecule has 0 fully saturated rings. The van der Waals surface area contributed by atoms with Crippen LogP contribution in [0.2, 0.25) is 0 Å². The second-order valence-electron chi connectivity index (χ2n) is 6.52. The number of nitrogens with one attached hydrogen (secondary N) is 2. The van der Waals surface area contributed by atoms with Crippen LogP contribution in [0, 0.1) is 0 Å². The maximum atomic E-state index is 12.6. The Morgan fingerprint density at radius 3 is 2.46 bits per heavy atom. The van der Waals surface area contributed by atoms with Crippen molar-refractivity contribution in [2.45, 2.75) is 0 Å². The molecule has 1 aromatic heterocycles. The summed E-state index contributed by atoms with van der Waals surface area (Å²) in [4.78, 5) is 18.8. The summed E-state index contributed by atoms with van der Waals surface area (Å²) in [7, 11) is 3.99. The smallest absolute Gasteiger partial charge is 0.274 e. The Morgan fingerprint density at radius 2 is 1.68 bits per heavy atom. The third kappa shape index (κ3) is 3.83. The molecule has 1 amide bonds. The lowest BCUT2D eigenvalue weighted by Gasteiger charge is -2.13. The fourth-order valence-corrected chi connectivity index (χ4v) is 2.81. The normalized spacial score (nSPS) is 11.8. The number of amides is 1. The Morgan fingerprint density at radius 1 is 0.929 bits per heavy atom. The van der Waals surface area contributed by atoms with Gasteiger partial charge in [-0.25, -0.2) is 0 Å². The van der Waals surface area contributed by atoms with Crippen LogP contribution in [-0.4, -0.2) is 31.8 Å². The van der Waals surface area contributed by atoms with Crippen LogP contribution in [0.15, 0.2) is 60.8 Å². The van der Waals surface area contributed by atoms with Crippen molar-refractivity contribution in [2.24, 2.45) is 0 Å². The fourth-order valence-electron chi connectivity index (χ4n) is 2.81. The molecule has 0 unspecified atom stereocenters. The molecule has 4 rings (SSSR count). The molecule has 7 nitrogen and oxygen atoms in total. The van der Waals surface area contributed by atoms with E-state index in [9.17, 15) is 4.79 Å². The van der Waals surface area contributed by atoms with Crippen LogP contribution in [0.1, 0.15) is 10.5 Å². The van der Waals surface area contributed by atoms with Gasteiger partial charge in [0.15, 0.2) is 11.5 Å². The Bertz CT molecular complexity index is 1000. The van der Waals surface area contributed by atoms with Gasteiger partial charge in [0.1, 0.15) is 5.69 Å². The quantitative estimate of drug-likeness (QED) is 0.704. The van der Waals surface area contributed by atoms with Gasteiger partial charge in [-0.15, -0.1) is 0 Å². The Balaban J connectivity index is 1.46. The number of anilines is 4. The van der Waals surface area contributed by atoms with E-state index in [1.165, 1.54) is 0 Å². The first-order valence-corrected chi connectivity index (χ1v) is 8.80. The number of carbonyl (C=O) groups is 1. The molecule has 142 valence electrons. The van der Waals surface area contributed by atoms with E-state index in [-0.39, 0.29) is 12.7 Å². The van der Waals surface area contributed by atoms with Crippen molar-refractivity contribution < 1.29 is 14.3 Å². The highest BCUT2D eigenvalue weighted by Gasteiger charge is 2.15. The number of hydrogen-bond acceptors (Lipinski definition) is 6. The lowest BCUT2D eigenvalue weighted by molar-refractivity contribution is 0.102. The molecule has 2 aromatic carbocycles. The van der Waals surface area contributed by atoms with Gasteiger partial charge in [-0.3, -0.25) is 9.78 Å². The number of rotatable bonds is 5. The van der Waals surface area contributed by atoms with Crippen molar-refractivity contribution in [3.05, 3.63) is 66.5 Å². The fraction of sp³-hybridized carbons (Fsp3) is 0.143. The summed E-state index contributed by atoms with van der Waals surface area (Å²) in [5.41, 5.74) is 3.76. The van der Waals surface area contributed by atoms with Gasteiger partial charge < -0.3 is 25.0 Å². The van der Waals surface area contributed by atoms with Crippen LogP contribution in [-0.2, 0) is 0 Å². The number of fused-ring (bicyclic) bond motifs is 1. The van der Waals surface area contributed by atoms with Crippen molar-refractivity contribution in [1.82, 2.24) is 4.98 Å². The van der Waals surface area contributed by atoms with E-state index in [0.717, 1.165) is 17.1 Å². The summed E-state index contributed by atoms with van der Waals surface area (Å²) >= 11 is 0. The van der Waals surface area contributed by atoms with Crippen LogP contribution in [0.25, 0.3) is 0 Å². The number of ether oxygens (including phenoxy) is 2. The minimum Gasteiger partial charge on any atom is -0.454 e. The lowest BCUT2D eigenvalue weighted by atomic mass is 10.2. The van der Waals surface area contributed by atoms with Gasteiger partial charge in [0.25, 0.3) is 5.91 Å². The SMILES string of the molecule is CN(C)c1ccc(Nc2ccnc(C(=O)Nc3ccc4c(c3)OCO4)c2)cc1. The highest BCUT2D eigenvalue weighted by molar-refractivity contribution is 6.03. The average Bonchev–Trinajstić information content (AvgIpc) is 3.16. The molecule has 2 N–H and O–H groups in total. The first-order chi connectivity index (χ1) is 13.6. The molecule has 1 aliphatic rings. The molecule has 3 aromatic rings. The van der Waals surface area contributed by atoms with E-state index in [4.69, 9.17) is 9.47 Å². The summed E-state index contributed by atoms with van der Waals surface area (Å²) in [5.74, 6) is 0.982. The molecule has 0 spiro atoms. The van der Waals surface area contributed by atoms with Gasteiger partial charge in [0.2, 0.25) is 6.79 Å². The van der Waals surface area contributed by atoms with Crippen LogP contribution in [0.3, 0.4) is 0 Å². The predicted molar refractivity (Wildman–Crippen MR) is 109 cm³/mol. The number of nitrogens with zero attached hydrogens (tertiary/aromatic N) is 2. The Kier molecular flexibility index (Phi) is 4.72. The van der Waals surface area contributed by atoms with E-state index >= 15 is 0 Å². The lowest BCUT2D eigenvalue weighted by Crippen LogP contribution is -2.13. The number of aromatic nitrogens is 1. The molecule has 0 saturated heterocycles. The van der Waals surface area contributed by atoms with E-state index in [0.29, 0.717) is 22.9 Å².